The van der Waals surface area contributed by atoms with Gasteiger partial charge in [-0.1, -0.05) is 20.3 Å². The third kappa shape index (κ3) is 3.09. The quantitative estimate of drug-likeness (QED) is 0.708. The molecule has 0 amide bonds. The molecule has 1 aromatic carbocycles. The highest BCUT2D eigenvalue weighted by molar-refractivity contribution is 5.96. The van der Waals surface area contributed by atoms with Gasteiger partial charge in [0, 0.05) is 12.0 Å². The molecule has 1 atom stereocenters. The Kier molecular flexibility index (Phi) is 4.53. The highest BCUT2D eigenvalue weighted by atomic mass is 16.5. The Balaban J connectivity index is 2.81. The fraction of sp³-hybridized carbons (Fsp3) is 0.500. The summed E-state index contributed by atoms with van der Waals surface area (Å²) in [7, 11) is 1.64. The van der Waals surface area contributed by atoms with Crippen LogP contribution in [0.25, 0.3) is 0 Å². The van der Waals surface area contributed by atoms with Gasteiger partial charge in [-0.3, -0.25) is 4.79 Å². The van der Waals surface area contributed by atoms with Crippen LogP contribution in [0.15, 0.2) is 18.2 Å². The number of ketones is 1. The second-order valence-corrected chi connectivity index (χ2v) is 4.33. The fourth-order valence-electron chi connectivity index (χ4n) is 1.63. The summed E-state index contributed by atoms with van der Waals surface area (Å²) in [6, 6.07) is 5.61. The summed E-state index contributed by atoms with van der Waals surface area (Å²) >= 11 is 0. The standard InChI is InChI=1S/C14H20O2/c1-5-10(2)8-13(15)12-6-7-14(16-4)11(3)9-12/h6-7,9-10H,5,8H2,1-4H3. The Bertz CT molecular complexity index is 369. The first-order chi connectivity index (χ1) is 7.58. The molecule has 0 saturated heterocycles. The molecule has 0 spiro atoms. The molecule has 0 heterocycles. The number of methoxy groups -OCH3 is 1. The second-order valence-electron chi connectivity index (χ2n) is 4.33. The lowest BCUT2D eigenvalue weighted by molar-refractivity contribution is 0.0963. The van der Waals surface area contributed by atoms with Crippen molar-refractivity contribution < 1.29 is 9.53 Å². The number of ether oxygens (including phenoxy) is 1. The fourth-order valence-corrected chi connectivity index (χ4v) is 1.63. The van der Waals surface area contributed by atoms with Crippen molar-refractivity contribution in [2.45, 2.75) is 33.6 Å². The Hall–Kier alpha value is -1.31. The molecule has 1 rings (SSSR count). The molecule has 1 aromatic rings. The van der Waals surface area contributed by atoms with Gasteiger partial charge in [0.05, 0.1) is 7.11 Å². The first-order valence-electron chi connectivity index (χ1n) is 5.76. The molecule has 0 aliphatic heterocycles. The van der Waals surface area contributed by atoms with Crippen molar-refractivity contribution in [2.24, 2.45) is 5.92 Å². The Morgan fingerprint density at radius 3 is 2.62 bits per heavy atom. The molecule has 0 aliphatic carbocycles. The highest BCUT2D eigenvalue weighted by Gasteiger charge is 2.11. The zero-order chi connectivity index (χ0) is 12.1. The van der Waals surface area contributed by atoms with E-state index in [0.717, 1.165) is 23.3 Å². The zero-order valence-corrected chi connectivity index (χ0v) is 10.5. The molecule has 0 N–H and O–H groups in total. The predicted octanol–water partition coefficient (Wildman–Crippen LogP) is 3.62. The van der Waals surface area contributed by atoms with E-state index in [1.54, 1.807) is 7.11 Å². The maximum absolute atomic E-state index is 11.9. The van der Waals surface area contributed by atoms with E-state index in [-0.39, 0.29) is 5.78 Å². The van der Waals surface area contributed by atoms with E-state index in [9.17, 15) is 4.79 Å². The number of carbonyl (C=O) groups is 1. The monoisotopic (exact) mass is 220 g/mol. The molecular weight excluding hydrogens is 200 g/mol. The minimum absolute atomic E-state index is 0.222. The number of carbonyl (C=O) groups excluding carboxylic acids is 1. The molecular formula is C14H20O2. The van der Waals surface area contributed by atoms with Gasteiger partial charge in [-0.25, -0.2) is 0 Å². The van der Waals surface area contributed by atoms with Crippen LogP contribution in [0.1, 0.15) is 42.6 Å². The van der Waals surface area contributed by atoms with E-state index in [1.807, 2.05) is 25.1 Å². The van der Waals surface area contributed by atoms with Crippen LogP contribution >= 0.6 is 0 Å². The van der Waals surface area contributed by atoms with Crippen LogP contribution in [0, 0.1) is 12.8 Å². The van der Waals surface area contributed by atoms with Crippen LogP contribution in [0.2, 0.25) is 0 Å². The molecule has 2 heteroatoms. The molecule has 0 bridgehead atoms. The number of hydrogen-bond acceptors (Lipinski definition) is 2. The van der Waals surface area contributed by atoms with Crippen LogP contribution < -0.4 is 4.74 Å². The summed E-state index contributed by atoms with van der Waals surface area (Å²) in [4.78, 5) is 11.9. The van der Waals surface area contributed by atoms with Crippen LogP contribution in [-0.4, -0.2) is 12.9 Å². The molecule has 0 fully saturated rings. The molecule has 0 aliphatic rings. The maximum Gasteiger partial charge on any atom is 0.163 e. The molecule has 0 saturated carbocycles. The minimum Gasteiger partial charge on any atom is -0.496 e. The van der Waals surface area contributed by atoms with Crippen molar-refractivity contribution in [3.05, 3.63) is 29.3 Å². The van der Waals surface area contributed by atoms with Gasteiger partial charge in [0.25, 0.3) is 0 Å². The maximum atomic E-state index is 11.9. The summed E-state index contributed by atoms with van der Waals surface area (Å²) < 4.78 is 5.17. The van der Waals surface area contributed by atoms with Gasteiger partial charge in [0.1, 0.15) is 5.75 Å². The SMILES string of the molecule is CCC(C)CC(=O)c1ccc(OC)c(C)c1. The van der Waals surface area contributed by atoms with Gasteiger partial charge in [-0.05, 0) is 36.6 Å². The summed E-state index contributed by atoms with van der Waals surface area (Å²) in [5, 5.41) is 0. The summed E-state index contributed by atoms with van der Waals surface area (Å²) in [6.07, 6.45) is 1.67. The molecule has 0 aromatic heterocycles. The number of hydrogen-bond donors (Lipinski definition) is 0. The normalized spacial score (nSPS) is 12.2. The van der Waals surface area contributed by atoms with Crippen LogP contribution in [0.3, 0.4) is 0 Å². The average Bonchev–Trinajstić information content (AvgIpc) is 2.28. The van der Waals surface area contributed by atoms with Crippen molar-refractivity contribution in [1.82, 2.24) is 0 Å². The highest BCUT2D eigenvalue weighted by Crippen LogP contribution is 2.20. The van der Waals surface area contributed by atoms with Crippen molar-refractivity contribution in [3.63, 3.8) is 0 Å². The van der Waals surface area contributed by atoms with Crippen LogP contribution in [0.5, 0.6) is 5.75 Å². The van der Waals surface area contributed by atoms with Gasteiger partial charge >= 0.3 is 0 Å². The average molecular weight is 220 g/mol. The largest absolute Gasteiger partial charge is 0.496 e. The second kappa shape index (κ2) is 5.69. The third-order valence-corrected chi connectivity index (χ3v) is 2.95. The van der Waals surface area contributed by atoms with E-state index in [1.165, 1.54) is 0 Å². The Morgan fingerprint density at radius 1 is 1.44 bits per heavy atom. The van der Waals surface area contributed by atoms with Gasteiger partial charge in [-0.15, -0.1) is 0 Å². The molecule has 2 nitrogen and oxygen atoms in total. The van der Waals surface area contributed by atoms with Crippen LogP contribution in [0.4, 0.5) is 0 Å². The lowest BCUT2D eigenvalue weighted by atomic mass is 9.97. The number of rotatable bonds is 5. The molecule has 88 valence electrons. The van der Waals surface area contributed by atoms with Gasteiger partial charge in [-0.2, -0.15) is 0 Å². The first kappa shape index (κ1) is 12.8. The van der Waals surface area contributed by atoms with E-state index in [4.69, 9.17) is 4.74 Å². The topological polar surface area (TPSA) is 26.3 Å². The first-order valence-corrected chi connectivity index (χ1v) is 5.76. The van der Waals surface area contributed by atoms with Gasteiger partial charge in [0.2, 0.25) is 0 Å². The summed E-state index contributed by atoms with van der Waals surface area (Å²) in [5.41, 5.74) is 1.80. The minimum atomic E-state index is 0.222. The van der Waals surface area contributed by atoms with Crippen molar-refractivity contribution in [3.8, 4) is 5.75 Å². The van der Waals surface area contributed by atoms with Crippen LogP contribution in [-0.2, 0) is 0 Å². The van der Waals surface area contributed by atoms with Crippen molar-refractivity contribution in [1.29, 1.82) is 0 Å². The number of aryl methyl sites for hydroxylation is 1. The van der Waals surface area contributed by atoms with E-state index < -0.39 is 0 Å². The third-order valence-electron chi connectivity index (χ3n) is 2.95. The summed E-state index contributed by atoms with van der Waals surface area (Å²) in [5.74, 6) is 1.51. The number of benzene rings is 1. The molecule has 16 heavy (non-hydrogen) atoms. The predicted molar refractivity (Wildman–Crippen MR) is 66.1 cm³/mol. The van der Waals surface area contributed by atoms with E-state index in [0.29, 0.717) is 12.3 Å². The molecule has 0 radical (unpaired) electrons. The van der Waals surface area contributed by atoms with E-state index >= 15 is 0 Å². The lowest BCUT2D eigenvalue weighted by Crippen LogP contribution is -2.05. The van der Waals surface area contributed by atoms with Crippen molar-refractivity contribution in [2.75, 3.05) is 7.11 Å². The van der Waals surface area contributed by atoms with Crippen molar-refractivity contribution >= 4 is 5.78 Å². The number of Topliss-reactive ketones (excluding diaryl/α,β-unsaturated/α-hetero) is 1. The van der Waals surface area contributed by atoms with Gasteiger partial charge in [0.15, 0.2) is 5.78 Å². The lowest BCUT2D eigenvalue weighted by Gasteiger charge is -2.09. The summed E-state index contributed by atoms with van der Waals surface area (Å²) in [6.45, 7) is 6.17. The molecule has 1 unspecified atom stereocenters. The van der Waals surface area contributed by atoms with Gasteiger partial charge < -0.3 is 4.74 Å². The zero-order valence-electron chi connectivity index (χ0n) is 10.5. The Labute approximate surface area is 97.6 Å². The smallest absolute Gasteiger partial charge is 0.163 e. The Morgan fingerprint density at radius 2 is 2.12 bits per heavy atom. The van der Waals surface area contributed by atoms with E-state index in [2.05, 4.69) is 13.8 Å².